The second-order valence-electron chi connectivity index (χ2n) is 5.21. The molecule has 0 N–H and O–H groups in total. The van der Waals surface area contributed by atoms with E-state index in [9.17, 15) is 0 Å². The number of aryl methyl sites for hydroxylation is 1. The summed E-state index contributed by atoms with van der Waals surface area (Å²) in [5, 5.41) is 0. The van der Waals surface area contributed by atoms with Crippen LogP contribution in [0.2, 0.25) is 0 Å². The fourth-order valence-corrected chi connectivity index (χ4v) is 2.10. The number of aliphatic imine (C=N–C) groups is 1. The summed E-state index contributed by atoms with van der Waals surface area (Å²) in [5.41, 5.74) is 3.59. The van der Waals surface area contributed by atoms with Gasteiger partial charge in [-0.1, -0.05) is 25.3 Å². The van der Waals surface area contributed by atoms with Gasteiger partial charge in [0, 0.05) is 26.4 Å². The van der Waals surface area contributed by atoms with Crippen LogP contribution >= 0.6 is 0 Å². The molecule has 24 heavy (non-hydrogen) atoms. The van der Waals surface area contributed by atoms with E-state index in [0.717, 1.165) is 23.1 Å². The van der Waals surface area contributed by atoms with Crippen LogP contribution in [-0.4, -0.2) is 33.6 Å². The molecule has 130 valence electrons. The van der Waals surface area contributed by atoms with Crippen LogP contribution in [0.4, 0.5) is 0 Å². The average molecular weight is 329 g/mol. The molecule has 0 spiro atoms. The molecule has 1 aromatic carbocycles. The fourth-order valence-electron chi connectivity index (χ4n) is 2.10. The first-order valence-corrected chi connectivity index (χ1v) is 7.89. The molecule has 4 heteroatoms. The lowest BCUT2D eigenvalue weighted by Gasteiger charge is -2.13. The number of ether oxygens (including phenoxy) is 3. The maximum Gasteiger partial charge on any atom is 0.161 e. The zero-order valence-corrected chi connectivity index (χ0v) is 15.1. The van der Waals surface area contributed by atoms with Crippen molar-refractivity contribution in [2.45, 2.75) is 20.3 Å². The van der Waals surface area contributed by atoms with E-state index in [1.54, 1.807) is 26.5 Å². The lowest BCUT2D eigenvalue weighted by Crippen LogP contribution is -2.03. The predicted molar refractivity (Wildman–Crippen MR) is 100 cm³/mol. The Morgan fingerprint density at radius 1 is 1.21 bits per heavy atom. The molecule has 0 aromatic heterocycles. The van der Waals surface area contributed by atoms with Crippen LogP contribution in [0.1, 0.15) is 24.5 Å². The summed E-state index contributed by atoms with van der Waals surface area (Å²) in [7, 11) is 3.31. The van der Waals surface area contributed by atoms with Crippen LogP contribution in [0.5, 0.6) is 11.5 Å². The minimum Gasteiger partial charge on any atom is -0.493 e. The zero-order chi connectivity index (χ0) is 17.9. The van der Waals surface area contributed by atoms with Gasteiger partial charge in [-0.2, -0.15) is 0 Å². The molecule has 1 rings (SSSR count). The van der Waals surface area contributed by atoms with Crippen molar-refractivity contribution in [1.29, 1.82) is 0 Å². The molecule has 0 aliphatic heterocycles. The largest absolute Gasteiger partial charge is 0.493 e. The summed E-state index contributed by atoms with van der Waals surface area (Å²) in [5.74, 6) is 1.40. The number of benzene rings is 1. The van der Waals surface area contributed by atoms with Gasteiger partial charge in [-0.15, -0.1) is 0 Å². The number of nitrogens with zero attached hydrogens (tertiary/aromatic N) is 1. The zero-order valence-electron chi connectivity index (χ0n) is 15.1. The van der Waals surface area contributed by atoms with Crippen LogP contribution in [0.15, 0.2) is 53.7 Å². The average Bonchev–Trinajstić information content (AvgIpc) is 2.59. The van der Waals surface area contributed by atoms with E-state index in [0.29, 0.717) is 30.4 Å². The van der Waals surface area contributed by atoms with Crippen molar-refractivity contribution in [3.63, 3.8) is 0 Å². The molecule has 0 aliphatic rings. The Morgan fingerprint density at radius 3 is 2.54 bits per heavy atom. The molecule has 0 saturated heterocycles. The third-order valence-corrected chi connectivity index (χ3v) is 3.53. The Balaban J connectivity index is 2.98. The van der Waals surface area contributed by atoms with Gasteiger partial charge >= 0.3 is 0 Å². The van der Waals surface area contributed by atoms with E-state index in [4.69, 9.17) is 14.2 Å². The molecule has 0 atom stereocenters. The van der Waals surface area contributed by atoms with Gasteiger partial charge in [-0.25, -0.2) is 0 Å². The van der Waals surface area contributed by atoms with Crippen LogP contribution < -0.4 is 9.47 Å². The Labute approximate surface area is 145 Å². The molecule has 0 fully saturated rings. The lowest BCUT2D eigenvalue weighted by molar-refractivity contribution is 0.170. The highest BCUT2D eigenvalue weighted by atomic mass is 16.5. The van der Waals surface area contributed by atoms with Crippen LogP contribution in [0.3, 0.4) is 0 Å². The van der Waals surface area contributed by atoms with Crippen molar-refractivity contribution in [2.24, 2.45) is 4.99 Å². The molecule has 0 heterocycles. The summed E-state index contributed by atoms with van der Waals surface area (Å²) in [6, 6.07) is 3.88. The standard InChI is InChI=1S/C20H27NO3/c1-7-17(8-2)16(4)21-14-18-13-20(24-11-9-10-22-5)19(23-6)12-15(18)3/h7-8,12-14H,1,4,9-11H2,2-3,5-6H3/b17-8+,21-14?. The van der Waals surface area contributed by atoms with Gasteiger partial charge in [-0.05, 0) is 42.7 Å². The Kier molecular flexibility index (Phi) is 8.58. The smallest absolute Gasteiger partial charge is 0.161 e. The van der Waals surface area contributed by atoms with Crippen LogP contribution in [0, 0.1) is 6.92 Å². The number of hydrogen-bond donors (Lipinski definition) is 0. The number of allylic oxidation sites excluding steroid dienone is 2. The summed E-state index contributed by atoms with van der Waals surface area (Å²) < 4.78 is 16.2. The van der Waals surface area contributed by atoms with E-state index in [1.807, 2.05) is 32.1 Å². The summed E-state index contributed by atoms with van der Waals surface area (Å²) in [6.45, 7) is 12.9. The van der Waals surface area contributed by atoms with Gasteiger partial charge in [0.05, 0.1) is 19.4 Å². The van der Waals surface area contributed by atoms with Gasteiger partial charge in [0.2, 0.25) is 0 Å². The molecular formula is C20H27NO3. The minimum absolute atomic E-state index is 0.565. The molecule has 0 radical (unpaired) electrons. The Morgan fingerprint density at radius 2 is 1.96 bits per heavy atom. The molecule has 1 aromatic rings. The van der Waals surface area contributed by atoms with Crippen molar-refractivity contribution < 1.29 is 14.2 Å². The number of methoxy groups -OCH3 is 2. The number of rotatable bonds is 10. The fraction of sp³-hybridized carbons (Fsp3) is 0.350. The first-order chi connectivity index (χ1) is 11.6. The van der Waals surface area contributed by atoms with Crippen molar-refractivity contribution in [1.82, 2.24) is 0 Å². The monoisotopic (exact) mass is 329 g/mol. The summed E-state index contributed by atoms with van der Waals surface area (Å²) in [6.07, 6.45) is 6.27. The molecule has 0 saturated carbocycles. The molecule has 0 bridgehead atoms. The van der Waals surface area contributed by atoms with Gasteiger partial charge < -0.3 is 14.2 Å². The molecule has 0 aliphatic carbocycles. The van der Waals surface area contributed by atoms with Crippen molar-refractivity contribution >= 4 is 6.21 Å². The quantitative estimate of drug-likeness (QED) is 0.361. The van der Waals surface area contributed by atoms with E-state index < -0.39 is 0 Å². The normalized spacial score (nSPS) is 11.6. The van der Waals surface area contributed by atoms with Crippen LogP contribution in [0.25, 0.3) is 0 Å². The third-order valence-electron chi connectivity index (χ3n) is 3.53. The van der Waals surface area contributed by atoms with E-state index >= 15 is 0 Å². The van der Waals surface area contributed by atoms with E-state index in [1.165, 1.54) is 0 Å². The first-order valence-electron chi connectivity index (χ1n) is 7.89. The second kappa shape index (κ2) is 10.4. The maximum absolute atomic E-state index is 5.81. The SMILES string of the molecule is C=C/C(=C\C)C(=C)N=Cc1cc(OCCCOC)c(OC)cc1C. The minimum atomic E-state index is 0.565. The predicted octanol–water partition coefficient (Wildman–Crippen LogP) is 4.48. The third kappa shape index (κ3) is 5.70. The Bertz CT molecular complexity index is 630. The van der Waals surface area contributed by atoms with Crippen molar-refractivity contribution in [3.8, 4) is 11.5 Å². The van der Waals surface area contributed by atoms with Gasteiger partial charge in [0.25, 0.3) is 0 Å². The topological polar surface area (TPSA) is 40.0 Å². The van der Waals surface area contributed by atoms with Crippen LogP contribution in [-0.2, 0) is 4.74 Å². The molecular weight excluding hydrogens is 302 g/mol. The highest BCUT2D eigenvalue weighted by Gasteiger charge is 2.08. The van der Waals surface area contributed by atoms with Crippen molar-refractivity contribution in [2.75, 3.05) is 27.4 Å². The van der Waals surface area contributed by atoms with Crippen molar-refractivity contribution in [3.05, 3.63) is 59.8 Å². The second-order valence-corrected chi connectivity index (χ2v) is 5.21. The van der Waals surface area contributed by atoms with E-state index in [-0.39, 0.29) is 0 Å². The summed E-state index contributed by atoms with van der Waals surface area (Å²) >= 11 is 0. The lowest BCUT2D eigenvalue weighted by atomic mass is 10.1. The molecule has 0 unspecified atom stereocenters. The summed E-state index contributed by atoms with van der Waals surface area (Å²) in [4.78, 5) is 4.43. The molecule has 0 amide bonds. The van der Waals surface area contributed by atoms with Gasteiger partial charge in [-0.3, -0.25) is 4.99 Å². The molecule has 4 nitrogen and oxygen atoms in total. The van der Waals surface area contributed by atoms with Gasteiger partial charge in [0.15, 0.2) is 11.5 Å². The van der Waals surface area contributed by atoms with Gasteiger partial charge in [0.1, 0.15) is 0 Å². The Hall–Kier alpha value is -2.33. The highest BCUT2D eigenvalue weighted by Crippen LogP contribution is 2.30. The number of hydrogen-bond acceptors (Lipinski definition) is 4. The van der Waals surface area contributed by atoms with E-state index in [2.05, 4.69) is 18.2 Å². The highest BCUT2D eigenvalue weighted by molar-refractivity contribution is 5.84. The maximum atomic E-state index is 5.81. The first kappa shape index (κ1) is 19.7.